The Bertz CT molecular complexity index is 1490. The molecule has 10 nitrogen and oxygen atoms in total. The molecule has 5 heterocycles. The summed E-state index contributed by atoms with van der Waals surface area (Å²) in [4.78, 5) is 30.8. The maximum atomic E-state index is 11.7. The second kappa shape index (κ2) is 9.57. The minimum Gasteiger partial charge on any atom is -0.391 e. The minimum absolute atomic E-state index is 0.146. The first-order valence-corrected chi connectivity index (χ1v) is 13.3. The zero-order chi connectivity index (χ0) is 25.7. The molecule has 6 rings (SSSR count). The lowest BCUT2D eigenvalue weighted by Gasteiger charge is -2.29. The highest BCUT2D eigenvalue weighted by molar-refractivity contribution is 6.30. The number of hydrogen-bond acceptors (Lipinski definition) is 8. The van der Waals surface area contributed by atoms with Crippen LogP contribution in [-0.2, 0) is 6.54 Å². The SMILES string of the molecule is CC1CCC(Cn2c(N3C[C@@H](O)C[C@@H]3C)nc3cc(-c4noc(=O)[nH]4)nc(-c4cncc(Cl)c4)c32)CC1. The maximum Gasteiger partial charge on any atom is 0.439 e. The van der Waals surface area contributed by atoms with Crippen LogP contribution >= 0.6 is 11.6 Å². The molecule has 1 aliphatic heterocycles. The van der Waals surface area contributed by atoms with Crippen molar-refractivity contribution in [1.82, 2.24) is 29.7 Å². The van der Waals surface area contributed by atoms with E-state index < -0.39 is 11.9 Å². The topological polar surface area (TPSA) is 126 Å². The zero-order valence-electron chi connectivity index (χ0n) is 20.9. The van der Waals surface area contributed by atoms with Gasteiger partial charge in [-0.3, -0.25) is 14.5 Å². The molecule has 0 radical (unpaired) electrons. The predicted molar refractivity (Wildman–Crippen MR) is 140 cm³/mol. The fourth-order valence-electron chi connectivity index (χ4n) is 5.79. The molecular formula is C26H30ClN7O3. The van der Waals surface area contributed by atoms with Crippen molar-refractivity contribution in [1.29, 1.82) is 0 Å². The van der Waals surface area contributed by atoms with Gasteiger partial charge in [0.05, 0.1) is 27.9 Å². The number of rotatable bonds is 5. The molecule has 0 amide bonds. The van der Waals surface area contributed by atoms with E-state index in [1.807, 2.05) is 12.1 Å². The van der Waals surface area contributed by atoms with E-state index in [1.165, 1.54) is 12.8 Å². The molecule has 2 N–H and O–H groups in total. The highest BCUT2D eigenvalue weighted by Crippen LogP contribution is 2.38. The normalized spacial score (nSPS) is 24.3. The van der Waals surface area contributed by atoms with Gasteiger partial charge >= 0.3 is 5.76 Å². The van der Waals surface area contributed by atoms with Crippen LogP contribution in [0.5, 0.6) is 0 Å². The fourth-order valence-corrected chi connectivity index (χ4v) is 5.97. The Kier molecular flexibility index (Phi) is 6.24. The standard InChI is InChI=1S/C26H30ClN7O3/c1-14-3-5-16(6-4-14)12-34-23-20(30-25(34)33-13-19(35)7-15(33)2)9-21(24-31-26(36)37-32-24)29-22(23)17-8-18(27)11-28-10-17/h8-11,14-16,19,35H,3-7,12-13H2,1-2H3,(H,31,32,36)/t14?,15-,16?,19-/m0/s1. The summed E-state index contributed by atoms with van der Waals surface area (Å²) in [5, 5.41) is 14.8. The van der Waals surface area contributed by atoms with Gasteiger partial charge in [0.2, 0.25) is 11.8 Å². The van der Waals surface area contributed by atoms with Gasteiger partial charge in [-0.05, 0) is 50.2 Å². The molecule has 0 aromatic carbocycles. The van der Waals surface area contributed by atoms with Crippen LogP contribution in [0.15, 0.2) is 33.8 Å². The van der Waals surface area contributed by atoms with Gasteiger partial charge in [-0.1, -0.05) is 36.5 Å². The summed E-state index contributed by atoms with van der Waals surface area (Å²) in [6, 6.07) is 3.80. The lowest BCUT2D eigenvalue weighted by Crippen LogP contribution is -2.31. The molecule has 2 fully saturated rings. The second-order valence-electron chi connectivity index (χ2n) is 10.6. The molecule has 2 atom stereocenters. The lowest BCUT2D eigenvalue weighted by atomic mass is 9.83. The van der Waals surface area contributed by atoms with E-state index in [2.05, 4.69) is 38.4 Å². The first kappa shape index (κ1) is 24.1. The third-order valence-electron chi connectivity index (χ3n) is 7.75. The molecule has 11 heteroatoms. The van der Waals surface area contributed by atoms with Crippen LogP contribution in [0, 0.1) is 11.8 Å². The van der Waals surface area contributed by atoms with E-state index in [0.29, 0.717) is 35.3 Å². The number of H-pyrrole nitrogens is 1. The van der Waals surface area contributed by atoms with Crippen molar-refractivity contribution in [3.8, 4) is 22.8 Å². The number of aromatic amines is 1. The molecule has 2 aliphatic rings. The van der Waals surface area contributed by atoms with Crippen molar-refractivity contribution >= 4 is 28.6 Å². The Balaban J connectivity index is 1.58. The molecule has 194 valence electrons. The van der Waals surface area contributed by atoms with E-state index >= 15 is 0 Å². The van der Waals surface area contributed by atoms with E-state index in [0.717, 1.165) is 47.8 Å². The lowest BCUT2D eigenvalue weighted by molar-refractivity contribution is 0.195. The van der Waals surface area contributed by atoms with Crippen LogP contribution < -0.4 is 10.7 Å². The predicted octanol–water partition coefficient (Wildman–Crippen LogP) is 4.28. The van der Waals surface area contributed by atoms with Gasteiger partial charge < -0.3 is 14.6 Å². The summed E-state index contributed by atoms with van der Waals surface area (Å²) < 4.78 is 7.01. The summed E-state index contributed by atoms with van der Waals surface area (Å²) in [5.74, 6) is 1.67. The first-order chi connectivity index (χ1) is 17.9. The monoisotopic (exact) mass is 523 g/mol. The van der Waals surface area contributed by atoms with Crippen LogP contribution in [0.3, 0.4) is 0 Å². The highest BCUT2D eigenvalue weighted by Gasteiger charge is 2.33. The molecular weight excluding hydrogens is 494 g/mol. The fraction of sp³-hybridized carbons (Fsp3) is 0.500. The first-order valence-electron chi connectivity index (χ1n) is 12.9. The van der Waals surface area contributed by atoms with Gasteiger partial charge in [0.15, 0.2) is 0 Å². The molecule has 0 spiro atoms. The summed E-state index contributed by atoms with van der Waals surface area (Å²) in [7, 11) is 0. The molecule has 1 saturated carbocycles. The molecule has 1 aliphatic carbocycles. The molecule has 1 saturated heterocycles. The van der Waals surface area contributed by atoms with E-state index in [4.69, 9.17) is 26.1 Å². The summed E-state index contributed by atoms with van der Waals surface area (Å²) in [5.41, 5.74) is 3.43. The van der Waals surface area contributed by atoms with Crippen LogP contribution in [0.2, 0.25) is 5.02 Å². The van der Waals surface area contributed by atoms with Gasteiger partial charge in [0, 0.05) is 37.1 Å². The number of halogens is 1. The number of nitrogens with one attached hydrogen (secondary N) is 1. The quantitative estimate of drug-likeness (QED) is 0.397. The van der Waals surface area contributed by atoms with Gasteiger partial charge in [-0.2, -0.15) is 0 Å². The Labute approximate surface area is 218 Å². The van der Waals surface area contributed by atoms with Crippen LogP contribution in [0.4, 0.5) is 5.95 Å². The van der Waals surface area contributed by atoms with Crippen molar-refractivity contribution in [3.05, 3.63) is 40.1 Å². The van der Waals surface area contributed by atoms with Gasteiger partial charge in [0.1, 0.15) is 5.69 Å². The number of aliphatic hydroxyl groups is 1. The number of fused-ring (bicyclic) bond motifs is 1. The Morgan fingerprint density at radius 1 is 1.16 bits per heavy atom. The van der Waals surface area contributed by atoms with Crippen LogP contribution in [0.25, 0.3) is 33.8 Å². The third kappa shape index (κ3) is 4.64. The molecule has 4 aromatic heterocycles. The van der Waals surface area contributed by atoms with E-state index in [9.17, 15) is 9.90 Å². The van der Waals surface area contributed by atoms with Crippen LogP contribution in [-0.4, -0.2) is 53.5 Å². The molecule has 0 bridgehead atoms. The van der Waals surface area contributed by atoms with E-state index in [1.54, 1.807) is 12.4 Å². The maximum absolute atomic E-state index is 11.7. The number of β-amino-alcohol motifs (C(OH)–C–C–N with tert-alkyl or cyclic N) is 1. The second-order valence-corrected chi connectivity index (χ2v) is 11.0. The number of anilines is 1. The number of hydrogen-bond donors (Lipinski definition) is 2. The number of imidazole rings is 1. The smallest absolute Gasteiger partial charge is 0.391 e. The number of aliphatic hydroxyl groups excluding tert-OH is 1. The van der Waals surface area contributed by atoms with Gasteiger partial charge in [0.25, 0.3) is 0 Å². The molecule has 0 unspecified atom stereocenters. The minimum atomic E-state index is -0.652. The van der Waals surface area contributed by atoms with Crippen LogP contribution in [0.1, 0.15) is 46.0 Å². The Morgan fingerprint density at radius 2 is 1.97 bits per heavy atom. The number of aromatic nitrogens is 6. The third-order valence-corrected chi connectivity index (χ3v) is 7.96. The molecule has 37 heavy (non-hydrogen) atoms. The highest BCUT2D eigenvalue weighted by atomic mass is 35.5. The van der Waals surface area contributed by atoms with Crippen molar-refractivity contribution in [2.75, 3.05) is 11.4 Å². The van der Waals surface area contributed by atoms with Gasteiger partial charge in [-0.15, -0.1) is 0 Å². The Hall–Kier alpha value is -3.24. The average Bonchev–Trinajstić information content (AvgIpc) is 3.56. The number of pyridine rings is 2. The van der Waals surface area contributed by atoms with Crippen molar-refractivity contribution in [2.45, 2.75) is 64.6 Å². The molecule has 4 aromatic rings. The van der Waals surface area contributed by atoms with Crippen molar-refractivity contribution in [2.24, 2.45) is 11.8 Å². The zero-order valence-corrected chi connectivity index (χ0v) is 21.6. The Morgan fingerprint density at radius 3 is 2.65 bits per heavy atom. The number of nitrogens with zero attached hydrogens (tertiary/aromatic N) is 6. The summed E-state index contributed by atoms with van der Waals surface area (Å²) >= 11 is 6.34. The largest absolute Gasteiger partial charge is 0.439 e. The summed E-state index contributed by atoms with van der Waals surface area (Å²) in [6.07, 6.45) is 8.38. The summed E-state index contributed by atoms with van der Waals surface area (Å²) in [6.45, 7) is 5.77. The van der Waals surface area contributed by atoms with Crippen molar-refractivity contribution in [3.63, 3.8) is 0 Å². The van der Waals surface area contributed by atoms with Gasteiger partial charge in [-0.25, -0.2) is 14.8 Å². The van der Waals surface area contributed by atoms with E-state index in [-0.39, 0.29) is 11.9 Å². The van der Waals surface area contributed by atoms with Crippen molar-refractivity contribution < 1.29 is 9.63 Å². The average molecular weight is 524 g/mol.